The Morgan fingerprint density at radius 1 is 1.32 bits per heavy atom. The molecule has 0 aromatic heterocycles. The molecular formula is C18H23NO3. The van der Waals surface area contributed by atoms with Crippen LogP contribution in [0.1, 0.15) is 33.6 Å². The Labute approximate surface area is 131 Å². The summed E-state index contributed by atoms with van der Waals surface area (Å²) in [5.74, 6) is -0.443. The first-order valence-electron chi connectivity index (χ1n) is 7.52. The number of hydrogen-bond donors (Lipinski definition) is 2. The van der Waals surface area contributed by atoms with E-state index in [-0.39, 0.29) is 5.54 Å². The Morgan fingerprint density at radius 2 is 2.00 bits per heavy atom. The first-order chi connectivity index (χ1) is 10.4. The van der Waals surface area contributed by atoms with Crippen molar-refractivity contribution < 1.29 is 14.6 Å². The standard InChI is InChI=1S/C18H23NO3/c1-4-18(12-6-5-7-13-18)19-14-8-10-15(11-9-14)22-17(2,3)16(20)21/h5-12,19H,4,13H2,1-3H3,(H,20,21). The van der Waals surface area contributed by atoms with Crippen LogP contribution in [0.4, 0.5) is 5.69 Å². The molecule has 1 atom stereocenters. The van der Waals surface area contributed by atoms with Gasteiger partial charge in [0.2, 0.25) is 0 Å². The molecule has 4 nitrogen and oxygen atoms in total. The summed E-state index contributed by atoms with van der Waals surface area (Å²) in [6.45, 7) is 5.23. The normalized spacial score (nSPS) is 20.7. The Bertz CT molecular complexity index is 587. The molecule has 0 saturated heterocycles. The molecule has 2 N–H and O–H groups in total. The molecule has 1 unspecified atom stereocenters. The lowest BCUT2D eigenvalue weighted by Gasteiger charge is -2.32. The highest BCUT2D eigenvalue weighted by atomic mass is 16.5. The second-order valence-corrected chi connectivity index (χ2v) is 6.07. The van der Waals surface area contributed by atoms with Gasteiger partial charge in [0.05, 0.1) is 5.54 Å². The molecule has 4 heteroatoms. The predicted molar refractivity (Wildman–Crippen MR) is 88.3 cm³/mol. The van der Waals surface area contributed by atoms with Crippen molar-refractivity contribution in [3.8, 4) is 5.75 Å². The number of aliphatic carboxylic acids is 1. The third-order valence-electron chi connectivity index (χ3n) is 3.91. The van der Waals surface area contributed by atoms with Crippen LogP contribution >= 0.6 is 0 Å². The highest BCUT2D eigenvalue weighted by molar-refractivity contribution is 5.76. The second kappa shape index (κ2) is 6.26. The topological polar surface area (TPSA) is 58.6 Å². The molecule has 1 aliphatic rings. The van der Waals surface area contributed by atoms with E-state index in [0.717, 1.165) is 18.5 Å². The maximum atomic E-state index is 11.1. The second-order valence-electron chi connectivity index (χ2n) is 6.07. The van der Waals surface area contributed by atoms with Crippen LogP contribution in [0.25, 0.3) is 0 Å². The predicted octanol–water partition coefficient (Wildman–Crippen LogP) is 4.01. The third kappa shape index (κ3) is 3.70. The van der Waals surface area contributed by atoms with Crippen molar-refractivity contribution in [1.29, 1.82) is 0 Å². The van der Waals surface area contributed by atoms with Crippen LogP contribution in [0.15, 0.2) is 48.6 Å². The highest BCUT2D eigenvalue weighted by Gasteiger charge is 2.29. The monoisotopic (exact) mass is 301 g/mol. The van der Waals surface area contributed by atoms with Gasteiger partial charge in [-0.2, -0.15) is 0 Å². The summed E-state index contributed by atoms with van der Waals surface area (Å²) in [6, 6.07) is 7.41. The zero-order chi connectivity index (χ0) is 16.2. The van der Waals surface area contributed by atoms with Gasteiger partial charge in [0, 0.05) is 5.69 Å². The molecule has 0 saturated carbocycles. The summed E-state index contributed by atoms with van der Waals surface area (Å²) in [5, 5.41) is 12.6. The lowest BCUT2D eigenvalue weighted by molar-refractivity contribution is -0.152. The first kappa shape index (κ1) is 16.1. The van der Waals surface area contributed by atoms with Gasteiger partial charge in [-0.3, -0.25) is 0 Å². The van der Waals surface area contributed by atoms with Gasteiger partial charge in [-0.15, -0.1) is 0 Å². The van der Waals surface area contributed by atoms with Crippen LogP contribution in [-0.4, -0.2) is 22.2 Å². The quantitative estimate of drug-likeness (QED) is 0.833. The lowest BCUT2D eigenvalue weighted by atomic mass is 9.88. The summed E-state index contributed by atoms with van der Waals surface area (Å²) >= 11 is 0. The number of carboxylic acid groups (broad SMARTS) is 1. The molecule has 1 aromatic rings. The van der Waals surface area contributed by atoms with Gasteiger partial charge in [-0.05, 0) is 51.0 Å². The van der Waals surface area contributed by atoms with E-state index in [1.165, 1.54) is 13.8 Å². The molecule has 0 fully saturated rings. The Kier molecular flexibility index (Phi) is 4.59. The van der Waals surface area contributed by atoms with E-state index < -0.39 is 11.6 Å². The van der Waals surface area contributed by atoms with Crippen LogP contribution in [0.5, 0.6) is 5.75 Å². The molecular weight excluding hydrogens is 278 g/mol. The van der Waals surface area contributed by atoms with Gasteiger partial charge < -0.3 is 15.2 Å². The molecule has 1 aromatic carbocycles. The van der Waals surface area contributed by atoms with Gasteiger partial charge >= 0.3 is 5.97 Å². The van der Waals surface area contributed by atoms with Crippen LogP contribution in [-0.2, 0) is 4.79 Å². The van der Waals surface area contributed by atoms with E-state index in [4.69, 9.17) is 9.84 Å². The van der Waals surface area contributed by atoms with E-state index in [0.29, 0.717) is 5.75 Å². The largest absolute Gasteiger partial charge is 0.478 e. The minimum Gasteiger partial charge on any atom is -0.478 e. The highest BCUT2D eigenvalue weighted by Crippen LogP contribution is 2.28. The van der Waals surface area contributed by atoms with Crippen LogP contribution in [0, 0.1) is 0 Å². The van der Waals surface area contributed by atoms with E-state index in [1.807, 2.05) is 12.1 Å². The van der Waals surface area contributed by atoms with Crippen LogP contribution < -0.4 is 10.1 Å². The zero-order valence-corrected chi connectivity index (χ0v) is 13.3. The summed E-state index contributed by atoms with van der Waals surface area (Å²) in [7, 11) is 0. The molecule has 0 radical (unpaired) electrons. The fraction of sp³-hybridized carbons (Fsp3) is 0.389. The van der Waals surface area contributed by atoms with Crippen molar-refractivity contribution >= 4 is 11.7 Å². The molecule has 1 aliphatic carbocycles. The zero-order valence-electron chi connectivity index (χ0n) is 13.3. The summed E-state index contributed by atoms with van der Waals surface area (Å²) in [6.07, 6.45) is 10.4. The lowest BCUT2D eigenvalue weighted by Crippen LogP contribution is -2.38. The average Bonchev–Trinajstić information content (AvgIpc) is 2.50. The van der Waals surface area contributed by atoms with Gasteiger partial charge in [0.25, 0.3) is 0 Å². The Hall–Kier alpha value is -2.23. The molecule has 0 bridgehead atoms. The van der Waals surface area contributed by atoms with Gasteiger partial charge in [-0.1, -0.05) is 31.2 Å². The van der Waals surface area contributed by atoms with Crippen LogP contribution in [0.2, 0.25) is 0 Å². The molecule has 22 heavy (non-hydrogen) atoms. The number of benzene rings is 1. The van der Waals surface area contributed by atoms with E-state index in [2.05, 4.69) is 36.5 Å². The van der Waals surface area contributed by atoms with E-state index >= 15 is 0 Å². The number of anilines is 1. The van der Waals surface area contributed by atoms with E-state index in [9.17, 15) is 4.79 Å². The number of allylic oxidation sites excluding steroid dienone is 2. The maximum Gasteiger partial charge on any atom is 0.347 e. The van der Waals surface area contributed by atoms with Crippen molar-refractivity contribution in [2.75, 3.05) is 5.32 Å². The SMILES string of the molecule is CCC1(Nc2ccc(OC(C)(C)C(=O)O)cc2)C=CC=CC1. The number of carbonyl (C=O) groups is 1. The maximum absolute atomic E-state index is 11.1. The van der Waals surface area contributed by atoms with Gasteiger partial charge in [0.1, 0.15) is 5.75 Å². The van der Waals surface area contributed by atoms with Crippen LogP contribution in [0.3, 0.4) is 0 Å². The summed E-state index contributed by atoms with van der Waals surface area (Å²) < 4.78 is 5.51. The number of hydrogen-bond acceptors (Lipinski definition) is 3. The molecule has 118 valence electrons. The van der Waals surface area contributed by atoms with E-state index in [1.54, 1.807) is 12.1 Å². The van der Waals surface area contributed by atoms with Crippen molar-refractivity contribution in [1.82, 2.24) is 0 Å². The molecule has 0 aliphatic heterocycles. The van der Waals surface area contributed by atoms with Crippen molar-refractivity contribution in [3.63, 3.8) is 0 Å². The number of rotatable bonds is 6. The smallest absolute Gasteiger partial charge is 0.347 e. The number of carboxylic acids is 1. The fourth-order valence-electron chi connectivity index (χ4n) is 2.34. The molecule has 0 spiro atoms. The molecule has 2 rings (SSSR count). The van der Waals surface area contributed by atoms with Crippen molar-refractivity contribution in [3.05, 3.63) is 48.6 Å². The number of nitrogens with one attached hydrogen (secondary N) is 1. The third-order valence-corrected chi connectivity index (χ3v) is 3.91. The summed E-state index contributed by atoms with van der Waals surface area (Å²) in [5.41, 5.74) is -0.309. The fourth-order valence-corrected chi connectivity index (χ4v) is 2.34. The van der Waals surface area contributed by atoms with Crippen molar-refractivity contribution in [2.45, 2.75) is 44.8 Å². The van der Waals surface area contributed by atoms with Gasteiger partial charge in [0.15, 0.2) is 5.60 Å². The molecule has 0 heterocycles. The number of ether oxygens (including phenoxy) is 1. The summed E-state index contributed by atoms with van der Waals surface area (Å²) in [4.78, 5) is 11.1. The first-order valence-corrected chi connectivity index (χ1v) is 7.52. The average molecular weight is 301 g/mol. The minimum atomic E-state index is -1.24. The Balaban J connectivity index is 2.08. The minimum absolute atomic E-state index is 0.0581. The van der Waals surface area contributed by atoms with Gasteiger partial charge in [-0.25, -0.2) is 4.79 Å². The Morgan fingerprint density at radius 3 is 2.50 bits per heavy atom. The molecule has 0 amide bonds. The van der Waals surface area contributed by atoms with Crippen molar-refractivity contribution in [2.24, 2.45) is 0 Å².